The van der Waals surface area contributed by atoms with Crippen LogP contribution in [0.25, 0.3) is 0 Å². The minimum atomic E-state index is -0.344. The summed E-state index contributed by atoms with van der Waals surface area (Å²) < 4.78 is 5.90. The summed E-state index contributed by atoms with van der Waals surface area (Å²) in [4.78, 5) is 16.8. The lowest BCUT2D eigenvalue weighted by atomic mass is 10.1. The van der Waals surface area contributed by atoms with Gasteiger partial charge in [0.1, 0.15) is 18.6 Å². The number of carbonyl (C=O) groups is 1. The summed E-state index contributed by atoms with van der Waals surface area (Å²) in [5, 5.41) is 6.37. The van der Waals surface area contributed by atoms with Crippen molar-refractivity contribution >= 4 is 11.6 Å². The lowest BCUT2D eigenvalue weighted by molar-refractivity contribution is -0.114. The zero-order chi connectivity index (χ0) is 15.9. The number of ether oxygens (including phenoxy) is 1. The summed E-state index contributed by atoms with van der Waals surface area (Å²) in [5.74, 6) is 0.886. The quantitative estimate of drug-likeness (QED) is 0.682. The molecule has 0 heterocycles. The van der Waals surface area contributed by atoms with Crippen molar-refractivity contribution < 1.29 is 14.4 Å². The molecule has 0 aliphatic carbocycles. The topological polar surface area (TPSA) is 59.9 Å². The first-order chi connectivity index (χ1) is 10.7. The van der Waals surface area contributed by atoms with Crippen LogP contribution >= 0.6 is 0 Å². The molecule has 0 aromatic heterocycles. The van der Waals surface area contributed by atoms with Gasteiger partial charge in [-0.15, -0.1) is 0 Å². The van der Waals surface area contributed by atoms with Gasteiger partial charge in [-0.05, 0) is 36.8 Å². The van der Waals surface area contributed by atoms with Crippen LogP contribution in [0.1, 0.15) is 11.1 Å². The molecule has 0 fully saturated rings. The minimum Gasteiger partial charge on any atom is -0.457 e. The third kappa shape index (κ3) is 3.63. The zero-order valence-corrected chi connectivity index (χ0v) is 12.8. The largest absolute Gasteiger partial charge is 0.457 e. The number of oxime groups is 1. The molecular weight excluding hydrogens is 280 g/mol. The lowest BCUT2D eigenvalue weighted by Crippen LogP contribution is -2.28. The molecule has 0 unspecified atom stereocenters. The van der Waals surface area contributed by atoms with E-state index in [0.29, 0.717) is 17.1 Å². The molecule has 0 aliphatic heterocycles. The molecule has 2 aromatic carbocycles. The van der Waals surface area contributed by atoms with Crippen LogP contribution in [-0.2, 0) is 9.63 Å². The highest BCUT2D eigenvalue weighted by Gasteiger charge is 2.19. The van der Waals surface area contributed by atoms with Crippen LogP contribution in [0.4, 0.5) is 0 Å². The first kappa shape index (κ1) is 15.6. The number of amides is 1. The molecular formula is C17H18N2O3. The van der Waals surface area contributed by atoms with Gasteiger partial charge in [0, 0.05) is 7.05 Å². The van der Waals surface area contributed by atoms with Crippen molar-refractivity contribution in [1.82, 2.24) is 5.32 Å². The summed E-state index contributed by atoms with van der Waals surface area (Å²) >= 11 is 0. The first-order valence-electron chi connectivity index (χ1n) is 6.83. The second kappa shape index (κ2) is 7.26. The minimum absolute atomic E-state index is 0.163. The normalized spacial score (nSPS) is 11.0. The Labute approximate surface area is 129 Å². The molecule has 0 radical (unpaired) electrons. The van der Waals surface area contributed by atoms with Gasteiger partial charge in [-0.25, -0.2) is 0 Å². The molecule has 22 heavy (non-hydrogen) atoms. The van der Waals surface area contributed by atoms with Gasteiger partial charge in [-0.3, -0.25) is 4.79 Å². The summed E-state index contributed by atoms with van der Waals surface area (Å²) in [6, 6.07) is 14.9. The Morgan fingerprint density at radius 1 is 1.14 bits per heavy atom. The Morgan fingerprint density at radius 3 is 2.50 bits per heavy atom. The molecule has 0 atom stereocenters. The molecule has 0 spiro atoms. The van der Waals surface area contributed by atoms with Crippen LogP contribution in [0, 0.1) is 6.92 Å². The Morgan fingerprint density at radius 2 is 1.86 bits per heavy atom. The van der Waals surface area contributed by atoms with Crippen LogP contribution in [0.3, 0.4) is 0 Å². The van der Waals surface area contributed by atoms with E-state index in [9.17, 15) is 4.79 Å². The number of hydrogen-bond donors (Lipinski definition) is 1. The van der Waals surface area contributed by atoms with Gasteiger partial charge in [0.15, 0.2) is 5.71 Å². The first-order valence-corrected chi connectivity index (χ1v) is 6.83. The average Bonchev–Trinajstić information content (AvgIpc) is 2.54. The molecule has 0 aliphatic rings. The molecule has 1 amide bonds. The Balaban J connectivity index is 2.47. The fourth-order valence-corrected chi connectivity index (χ4v) is 1.95. The van der Waals surface area contributed by atoms with Crippen molar-refractivity contribution in [2.24, 2.45) is 5.16 Å². The van der Waals surface area contributed by atoms with E-state index in [2.05, 4.69) is 10.5 Å². The number of aryl methyl sites for hydroxylation is 1. The van der Waals surface area contributed by atoms with E-state index < -0.39 is 0 Å². The van der Waals surface area contributed by atoms with E-state index in [1.165, 1.54) is 7.11 Å². The second-order valence-corrected chi connectivity index (χ2v) is 4.62. The molecule has 2 rings (SSSR count). The van der Waals surface area contributed by atoms with Gasteiger partial charge >= 0.3 is 0 Å². The molecule has 2 aromatic rings. The third-order valence-electron chi connectivity index (χ3n) is 2.99. The molecule has 114 valence electrons. The van der Waals surface area contributed by atoms with Gasteiger partial charge in [0.2, 0.25) is 0 Å². The van der Waals surface area contributed by atoms with Gasteiger partial charge < -0.3 is 14.9 Å². The predicted octanol–water partition coefficient (Wildman–Crippen LogP) is 2.88. The summed E-state index contributed by atoms with van der Waals surface area (Å²) in [6.07, 6.45) is 0. The third-order valence-corrected chi connectivity index (χ3v) is 2.99. The number of para-hydroxylation sites is 1. The van der Waals surface area contributed by atoms with E-state index in [4.69, 9.17) is 9.57 Å². The number of hydrogen-bond acceptors (Lipinski definition) is 4. The number of rotatable bonds is 5. The molecule has 5 nitrogen and oxygen atoms in total. The van der Waals surface area contributed by atoms with Crippen LogP contribution in [0.15, 0.2) is 53.7 Å². The monoisotopic (exact) mass is 298 g/mol. The Hall–Kier alpha value is -2.82. The number of likely N-dealkylation sites (N-methyl/N-ethyl adjacent to an activating group) is 1. The van der Waals surface area contributed by atoms with Gasteiger partial charge in [0.05, 0.1) is 5.56 Å². The molecule has 0 bridgehead atoms. The highest BCUT2D eigenvalue weighted by atomic mass is 16.6. The van der Waals surface area contributed by atoms with Crippen molar-refractivity contribution in [2.75, 3.05) is 14.2 Å². The fraction of sp³-hybridized carbons (Fsp3) is 0.176. The van der Waals surface area contributed by atoms with Crippen molar-refractivity contribution in [3.63, 3.8) is 0 Å². The molecule has 1 N–H and O–H groups in total. The van der Waals surface area contributed by atoms with Crippen molar-refractivity contribution in [2.45, 2.75) is 6.92 Å². The maximum absolute atomic E-state index is 12.0. The van der Waals surface area contributed by atoms with Crippen LogP contribution in [-0.4, -0.2) is 25.8 Å². The van der Waals surface area contributed by atoms with Crippen molar-refractivity contribution in [3.05, 3.63) is 59.7 Å². The molecule has 5 heteroatoms. The van der Waals surface area contributed by atoms with Gasteiger partial charge in [-0.2, -0.15) is 0 Å². The maximum Gasteiger partial charge on any atom is 0.273 e. The van der Waals surface area contributed by atoms with Gasteiger partial charge in [0.25, 0.3) is 5.91 Å². The highest BCUT2D eigenvalue weighted by molar-refractivity contribution is 6.45. The van der Waals surface area contributed by atoms with Crippen LogP contribution < -0.4 is 10.1 Å². The van der Waals surface area contributed by atoms with E-state index in [-0.39, 0.29) is 11.6 Å². The average molecular weight is 298 g/mol. The smallest absolute Gasteiger partial charge is 0.273 e. The SMILES string of the molecule is CNC(=O)C(=NOC)c1ccc(C)cc1Oc1ccccc1. The Kier molecular flexibility index (Phi) is 5.14. The number of carbonyl (C=O) groups excluding carboxylic acids is 1. The summed E-state index contributed by atoms with van der Waals surface area (Å²) in [5.41, 5.74) is 1.75. The summed E-state index contributed by atoms with van der Waals surface area (Å²) in [6.45, 7) is 1.95. The summed E-state index contributed by atoms with van der Waals surface area (Å²) in [7, 11) is 2.94. The highest BCUT2D eigenvalue weighted by Crippen LogP contribution is 2.27. The molecule has 0 saturated carbocycles. The maximum atomic E-state index is 12.0. The van der Waals surface area contributed by atoms with Gasteiger partial charge in [-0.1, -0.05) is 29.4 Å². The number of nitrogens with one attached hydrogen (secondary N) is 1. The van der Waals surface area contributed by atoms with E-state index >= 15 is 0 Å². The fourth-order valence-electron chi connectivity index (χ4n) is 1.95. The van der Waals surface area contributed by atoms with Crippen LogP contribution in [0.2, 0.25) is 0 Å². The van der Waals surface area contributed by atoms with Crippen molar-refractivity contribution in [3.8, 4) is 11.5 Å². The second-order valence-electron chi connectivity index (χ2n) is 4.62. The molecule has 0 saturated heterocycles. The van der Waals surface area contributed by atoms with Crippen LogP contribution in [0.5, 0.6) is 11.5 Å². The zero-order valence-electron chi connectivity index (χ0n) is 12.8. The van der Waals surface area contributed by atoms with E-state index in [1.807, 2.05) is 49.4 Å². The van der Waals surface area contributed by atoms with E-state index in [1.54, 1.807) is 13.1 Å². The predicted molar refractivity (Wildman–Crippen MR) is 85.3 cm³/mol. The van der Waals surface area contributed by atoms with Crippen molar-refractivity contribution in [1.29, 1.82) is 0 Å². The Bertz CT molecular complexity index is 682. The number of nitrogens with zero attached hydrogens (tertiary/aromatic N) is 1. The lowest BCUT2D eigenvalue weighted by Gasteiger charge is -2.13. The standard InChI is InChI=1S/C17H18N2O3/c1-12-9-10-14(16(19-21-3)17(20)18-2)15(11-12)22-13-7-5-4-6-8-13/h4-11H,1-3H3,(H,18,20). The number of benzene rings is 2. The van der Waals surface area contributed by atoms with E-state index in [0.717, 1.165) is 5.56 Å².